The molecule has 0 saturated carbocycles. The summed E-state index contributed by atoms with van der Waals surface area (Å²) in [5.74, 6) is 1.18. The largest absolute Gasteiger partial charge is 0.497 e. The van der Waals surface area contributed by atoms with Crippen LogP contribution in [0.3, 0.4) is 0 Å². The highest BCUT2D eigenvalue weighted by Gasteiger charge is 2.02. The number of hydrogen-bond donors (Lipinski definition) is 2. The lowest BCUT2D eigenvalue weighted by molar-refractivity contribution is -0.115. The SMILES string of the molecule is C=CCOc1ccc(NC(=S)NC(=O)C=Cc2ccc(OC)cc2)cc1. The van der Waals surface area contributed by atoms with Gasteiger partial charge in [0.15, 0.2) is 5.11 Å². The van der Waals surface area contributed by atoms with Crippen molar-refractivity contribution in [3.05, 3.63) is 72.8 Å². The minimum atomic E-state index is -0.316. The fraction of sp³-hybridized carbons (Fsp3) is 0.100. The molecule has 0 fully saturated rings. The Morgan fingerprint density at radius 1 is 1.12 bits per heavy atom. The predicted molar refractivity (Wildman–Crippen MR) is 109 cm³/mol. The van der Waals surface area contributed by atoms with Crippen molar-refractivity contribution in [1.82, 2.24) is 5.32 Å². The van der Waals surface area contributed by atoms with Crippen LogP contribution in [0, 0.1) is 0 Å². The Kier molecular flexibility index (Phi) is 7.39. The molecule has 2 rings (SSSR count). The zero-order chi connectivity index (χ0) is 18.8. The number of anilines is 1. The molecule has 2 N–H and O–H groups in total. The Labute approximate surface area is 158 Å². The summed E-state index contributed by atoms with van der Waals surface area (Å²) in [6.07, 6.45) is 4.79. The van der Waals surface area contributed by atoms with Gasteiger partial charge in [0.25, 0.3) is 0 Å². The van der Waals surface area contributed by atoms with E-state index in [1.165, 1.54) is 6.08 Å². The number of nitrogens with one attached hydrogen (secondary N) is 2. The fourth-order valence-electron chi connectivity index (χ4n) is 1.99. The Bertz CT molecular complexity index is 784. The van der Waals surface area contributed by atoms with Crippen LogP contribution in [0.4, 0.5) is 5.69 Å². The number of amides is 1. The number of rotatable bonds is 7. The first-order valence-corrected chi connectivity index (χ1v) is 8.29. The van der Waals surface area contributed by atoms with Gasteiger partial charge in [-0.15, -0.1) is 0 Å². The molecule has 0 spiro atoms. The molecule has 0 radical (unpaired) electrons. The summed E-state index contributed by atoms with van der Waals surface area (Å²) in [6, 6.07) is 14.6. The molecule has 0 saturated heterocycles. The van der Waals surface area contributed by atoms with Gasteiger partial charge in [-0.25, -0.2) is 0 Å². The van der Waals surface area contributed by atoms with E-state index in [-0.39, 0.29) is 11.0 Å². The van der Waals surface area contributed by atoms with Crippen molar-refractivity contribution in [3.8, 4) is 11.5 Å². The Morgan fingerprint density at radius 2 is 1.77 bits per heavy atom. The van der Waals surface area contributed by atoms with Crippen LogP contribution in [0.15, 0.2) is 67.3 Å². The van der Waals surface area contributed by atoms with Crippen molar-refractivity contribution in [2.24, 2.45) is 0 Å². The third-order valence-electron chi connectivity index (χ3n) is 3.26. The normalized spacial score (nSPS) is 10.2. The molecule has 0 atom stereocenters. The van der Waals surface area contributed by atoms with E-state index >= 15 is 0 Å². The van der Waals surface area contributed by atoms with E-state index in [2.05, 4.69) is 17.2 Å². The van der Waals surface area contributed by atoms with Crippen LogP contribution in [0.2, 0.25) is 0 Å². The number of carbonyl (C=O) groups excluding carboxylic acids is 1. The van der Waals surface area contributed by atoms with Gasteiger partial charge in [-0.1, -0.05) is 24.8 Å². The van der Waals surface area contributed by atoms with Crippen LogP contribution < -0.4 is 20.1 Å². The highest BCUT2D eigenvalue weighted by molar-refractivity contribution is 7.80. The van der Waals surface area contributed by atoms with Gasteiger partial charge in [-0.3, -0.25) is 10.1 Å². The molecule has 2 aromatic rings. The van der Waals surface area contributed by atoms with E-state index in [0.29, 0.717) is 6.61 Å². The Hall–Kier alpha value is -3.12. The molecule has 0 aromatic heterocycles. The number of methoxy groups -OCH3 is 1. The molecule has 2 aromatic carbocycles. The van der Waals surface area contributed by atoms with Crippen molar-refractivity contribution in [1.29, 1.82) is 0 Å². The topological polar surface area (TPSA) is 59.6 Å². The molecule has 6 heteroatoms. The number of thiocarbonyl (C=S) groups is 1. The Balaban J connectivity index is 1.83. The first-order chi connectivity index (χ1) is 12.6. The first kappa shape index (κ1) is 19.2. The molecule has 5 nitrogen and oxygen atoms in total. The summed E-state index contributed by atoms with van der Waals surface area (Å²) in [6.45, 7) is 4.04. The number of ether oxygens (including phenoxy) is 2. The lowest BCUT2D eigenvalue weighted by Gasteiger charge is -2.09. The summed E-state index contributed by atoms with van der Waals surface area (Å²) >= 11 is 5.14. The summed E-state index contributed by atoms with van der Waals surface area (Å²) in [4.78, 5) is 11.9. The predicted octanol–water partition coefficient (Wildman–Crippen LogP) is 3.79. The van der Waals surface area contributed by atoms with E-state index in [9.17, 15) is 4.79 Å². The van der Waals surface area contributed by atoms with Gasteiger partial charge < -0.3 is 14.8 Å². The van der Waals surface area contributed by atoms with Crippen LogP contribution in [0.25, 0.3) is 6.08 Å². The van der Waals surface area contributed by atoms with E-state index in [0.717, 1.165) is 22.7 Å². The van der Waals surface area contributed by atoms with Crippen LogP contribution in [-0.4, -0.2) is 24.7 Å². The maximum atomic E-state index is 11.9. The summed E-state index contributed by atoms with van der Waals surface area (Å²) in [7, 11) is 1.61. The number of hydrogen-bond acceptors (Lipinski definition) is 4. The van der Waals surface area contributed by atoms with Crippen molar-refractivity contribution in [2.45, 2.75) is 0 Å². The van der Waals surface area contributed by atoms with Crippen molar-refractivity contribution in [2.75, 3.05) is 19.0 Å². The second-order valence-electron chi connectivity index (χ2n) is 5.17. The molecule has 0 aliphatic rings. The molecule has 0 unspecified atom stereocenters. The van der Waals surface area contributed by atoms with Gasteiger partial charge in [0, 0.05) is 11.8 Å². The molecular formula is C20H20N2O3S. The van der Waals surface area contributed by atoms with E-state index in [1.54, 1.807) is 31.4 Å². The quantitative estimate of drug-likeness (QED) is 0.442. The summed E-state index contributed by atoms with van der Waals surface area (Å²) in [5.41, 5.74) is 1.63. The average molecular weight is 368 g/mol. The van der Waals surface area contributed by atoms with Crippen molar-refractivity contribution < 1.29 is 14.3 Å². The van der Waals surface area contributed by atoms with Gasteiger partial charge in [0.2, 0.25) is 5.91 Å². The third-order valence-corrected chi connectivity index (χ3v) is 3.46. The number of carbonyl (C=O) groups is 1. The van der Waals surface area contributed by atoms with E-state index < -0.39 is 0 Å². The van der Waals surface area contributed by atoms with Crippen LogP contribution >= 0.6 is 12.2 Å². The molecule has 0 aliphatic heterocycles. The maximum absolute atomic E-state index is 11.9. The first-order valence-electron chi connectivity index (χ1n) is 7.88. The zero-order valence-electron chi connectivity index (χ0n) is 14.4. The average Bonchev–Trinajstić information content (AvgIpc) is 2.66. The highest BCUT2D eigenvalue weighted by atomic mass is 32.1. The molecule has 26 heavy (non-hydrogen) atoms. The fourth-order valence-corrected chi connectivity index (χ4v) is 2.21. The smallest absolute Gasteiger partial charge is 0.250 e. The molecule has 0 heterocycles. The van der Waals surface area contributed by atoms with Crippen LogP contribution in [0.1, 0.15) is 5.56 Å². The van der Waals surface area contributed by atoms with Gasteiger partial charge >= 0.3 is 0 Å². The van der Waals surface area contributed by atoms with Gasteiger partial charge in [0.1, 0.15) is 18.1 Å². The second-order valence-corrected chi connectivity index (χ2v) is 5.58. The van der Waals surface area contributed by atoms with Crippen LogP contribution in [0.5, 0.6) is 11.5 Å². The van der Waals surface area contributed by atoms with Crippen molar-refractivity contribution in [3.63, 3.8) is 0 Å². The maximum Gasteiger partial charge on any atom is 0.250 e. The van der Waals surface area contributed by atoms with Gasteiger partial charge in [0.05, 0.1) is 7.11 Å². The summed E-state index contributed by atoms with van der Waals surface area (Å²) in [5, 5.41) is 5.76. The van der Waals surface area contributed by atoms with Crippen LogP contribution in [-0.2, 0) is 4.79 Å². The molecule has 0 bridgehead atoms. The monoisotopic (exact) mass is 368 g/mol. The van der Waals surface area contributed by atoms with Gasteiger partial charge in [-0.05, 0) is 60.3 Å². The minimum absolute atomic E-state index is 0.217. The lowest BCUT2D eigenvalue weighted by Crippen LogP contribution is -2.32. The van der Waals surface area contributed by atoms with E-state index in [1.807, 2.05) is 36.4 Å². The molecule has 0 aliphatic carbocycles. The highest BCUT2D eigenvalue weighted by Crippen LogP contribution is 2.15. The minimum Gasteiger partial charge on any atom is -0.497 e. The van der Waals surface area contributed by atoms with E-state index in [4.69, 9.17) is 21.7 Å². The van der Waals surface area contributed by atoms with Crippen molar-refractivity contribution >= 4 is 35.0 Å². The third kappa shape index (κ3) is 6.41. The lowest BCUT2D eigenvalue weighted by atomic mass is 10.2. The summed E-state index contributed by atoms with van der Waals surface area (Å²) < 4.78 is 10.5. The zero-order valence-corrected chi connectivity index (χ0v) is 15.2. The second kappa shape index (κ2) is 10.0. The van der Waals surface area contributed by atoms with Gasteiger partial charge in [-0.2, -0.15) is 0 Å². The number of benzene rings is 2. The molecule has 1 amide bonds. The molecule has 134 valence electrons. The molecular weight excluding hydrogens is 348 g/mol. The standard InChI is InChI=1S/C20H20N2O3S/c1-3-14-25-18-11-7-16(8-12-18)21-20(26)22-19(23)13-6-15-4-9-17(24-2)10-5-15/h3-13H,1,14H2,2H3,(H2,21,22,23,26). The Morgan fingerprint density at radius 3 is 2.38 bits per heavy atom.